The number of benzene rings is 2. The van der Waals surface area contributed by atoms with Gasteiger partial charge in [-0.25, -0.2) is 4.98 Å². The van der Waals surface area contributed by atoms with Crippen LogP contribution in [-0.2, 0) is 6.54 Å². The number of nitro benzene ring substituents is 1. The van der Waals surface area contributed by atoms with Crippen LogP contribution in [0.1, 0.15) is 5.56 Å². The van der Waals surface area contributed by atoms with Crippen molar-refractivity contribution in [1.82, 2.24) is 9.97 Å². The summed E-state index contributed by atoms with van der Waals surface area (Å²) in [5, 5.41) is 16.9. The second kappa shape index (κ2) is 7.39. The Balaban J connectivity index is 1.79. The Labute approximate surface area is 144 Å². The number of rotatable bonds is 6. The van der Waals surface area contributed by atoms with Gasteiger partial charge >= 0.3 is 0 Å². The van der Waals surface area contributed by atoms with Crippen LogP contribution >= 0.6 is 0 Å². The van der Waals surface area contributed by atoms with Gasteiger partial charge in [-0.15, -0.1) is 0 Å². The maximum atomic E-state index is 10.7. The van der Waals surface area contributed by atoms with E-state index in [0.717, 1.165) is 16.8 Å². The molecule has 7 heteroatoms. The average molecular weight is 335 g/mol. The Kier molecular flexibility index (Phi) is 4.84. The summed E-state index contributed by atoms with van der Waals surface area (Å²) in [7, 11) is 1.77. The van der Waals surface area contributed by atoms with Crippen molar-refractivity contribution < 1.29 is 4.92 Å². The number of hydrogen-bond donors (Lipinski definition) is 2. The van der Waals surface area contributed by atoms with Crippen molar-refractivity contribution in [1.29, 1.82) is 0 Å². The fraction of sp³-hybridized carbons (Fsp3) is 0.111. The fourth-order valence-electron chi connectivity index (χ4n) is 2.33. The minimum absolute atomic E-state index is 0.0784. The zero-order valence-corrected chi connectivity index (χ0v) is 13.6. The topological polar surface area (TPSA) is 93.0 Å². The fourth-order valence-corrected chi connectivity index (χ4v) is 2.33. The smallest absolute Gasteiger partial charge is 0.269 e. The van der Waals surface area contributed by atoms with Crippen LogP contribution in [0.25, 0.3) is 11.3 Å². The SMILES string of the molecule is CNc1nc(NCc2ccc([N+](=O)[O-])cc2)cc(-c2ccccc2)n1. The van der Waals surface area contributed by atoms with Crippen molar-refractivity contribution in [2.45, 2.75) is 6.54 Å². The second-order valence-electron chi connectivity index (χ2n) is 5.36. The van der Waals surface area contributed by atoms with Crippen molar-refractivity contribution in [2.75, 3.05) is 17.7 Å². The van der Waals surface area contributed by atoms with Gasteiger partial charge in [0.15, 0.2) is 0 Å². The summed E-state index contributed by atoms with van der Waals surface area (Å²) in [4.78, 5) is 19.2. The van der Waals surface area contributed by atoms with Crippen molar-refractivity contribution in [3.63, 3.8) is 0 Å². The quantitative estimate of drug-likeness (QED) is 0.527. The second-order valence-corrected chi connectivity index (χ2v) is 5.36. The molecule has 126 valence electrons. The summed E-state index contributed by atoms with van der Waals surface area (Å²) < 4.78 is 0. The van der Waals surface area contributed by atoms with Crippen LogP contribution in [0, 0.1) is 10.1 Å². The van der Waals surface area contributed by atoms with Gasteiger partial charge in [0.2, 0.25) is 5.95 Å². The van der Waals surface area contributed by atoms with Crippen LogP contribution < -0.4 is 10.6 Å². The lowest BCUT2D eigenvalue weighted by atomic mass is 10.1. The molecule has 7 nitrogen and oxygen atoms in total. The average Bonchev–Trinajstić information content (AvgIpc) is 2.67. The van der Waals surface area contributed by atoms with Crippen LogP contribution in [0.5, 0.6) is 0 Å². The van der Waals surface area contributed by atoms with Gasteiger partial charge in [0.05, 0.1) is 10.6 Å². The third-order valence-corrected chi connectivity index (χ3v) is 3.64. The molecule has 0 aliphatic rings. The molecule has 2 N–H and O–H groups in total. The molecule has 0 radical (unpaired) electrons. The minimum atomic E-state index is -0.410. The summed E-state index contributed by atoms with van der Waals surface area (Å²) in [6, 6.07) is 18.2. The summed E-state index contributed by atoms with van der Waals surface area (Å²) >= 11 is 0. The van der Waals surface area contributed by atoms with Gasteiger partial charge in [-0.1, -0.05) is 42.5 Å². The molecule has 0 saturated carbocycles. The van der Waals surface area contributed by atoms with Gasteiger partial charge in [0.25, 0.3) is 5.69 Å². The Hall–Kier alpha value is -3.48. The lowest BCUT2D eigenvalue weighted by Crippen LogP contribution is -2.05. The highest BCUT2D eigenvalue weighted by atomic mass is 16.6. The summed E-state index contributed by atoms with van der Waals surface area (Å²) in [6.45, 7) is 0.506. The molecule has 0 aliphatic carbocycles. The number of aromatic nitrogens is 2. The molecule has 0 bridgehead atoms. The maximum absolute atomic E-state index is 10.7. The molecule has 0 amide bonds. The zero-order chi connectivity index (χ0) is 17.6. The number of anilines is 2. The van der Waals surface area contributed by atoms with Crippen LogP contribution in [0.2, 0.25) is 0 Å². The minimum Gasteiger partial charge on any atom is -0.366 e. The van der Waals surface area contributed by atoms with Crippen LogP contribution in [0.4, 0.5) is 17.5 Å². The van der Waals surface area contributed by atoms with E-state index in [9.17, 15) is 10.1 Å². The van der Waals surface area contributed by atoms with E-state index >= 15 is 0 Å². The normalized spacial score (nSPS) is 10.3. The molecular weight excluding hydrogens is 318 g/mol. The summed E-state index contributed by atoms with van der Waals surface area (Å²) in [5.41, 5.74) is 2.82. The molecular formula is C18H17N5O2. The van der Waals surface area contributed by atoms with E-state index < -0.39 is 4.92 Å². The largest absolute Gasteiger partial charge is 0.366 e. The van der Waals surface area contributed by atoms with E-state index in [1.54, 1.807) is 19.2 Å². The molecule has 1 aromatic heterocycles. The molecule has 0 aliphatic heterocycles. The van der Waals surface area contributed by atoms with Crippen molar-refractivity contribution in [3.05, 3.63) is 76.3 Å². The number of nitro groups is 1. The molecule has 25 heavy (non-hydrogen) atoms. The van der Waals surface area contributed by atoms with Crippen LogP contribution in [-0.4, -0.2) is 21.9 Å². The molecule has 1 heterocycles. The molecule has 0 saturated heterocycles. The Morgan fingerprint density at radius 1 is 1.04 bits per heavy atom. The van der Waals surface area contributed by atoms with E-state index in [-0.39, 0.29) is 5.69 Å². The van der Waals surface area contributed by atoms with E-state index in [1.165, 1.54) is 12.1 Å². The molecule has 3 aromatic rings. The molecule has 2 aromatic carbocycles. The highest BCUT2D eigenvalue weighted by Gasteiger charge is 2.07. The standard InChI is InChI=1S/C18H17N5O2/c1-19-18-21-16(14-5-3-2-4-6-14)11-17(22-18)20-12-13-7-9-15(10-8-13)23(24)25/h2-11H,12H2,1H3,(H2,19,20,21,22). The first kappa shape index (κ1) is 16.4. The Morgan fingerprint density at radius 3 is 2.40 bits per heavy atom. The summed E-state index contributed by atoms with van der Waals surface area (Å²) in [6.07, 6.45) is 0. The predicted molar refractivity (Wildman–Crippen MR) is 97.4 cm³/mol. The number of hydrogen-bond acceptors (Lipinski definition) is 6. The van der Waals surface area contributed by atoms with Crippen LogP contribution in [0.15, 0.2) is 60.7 Å². The predicted octanol–water partition coefficient (Wildman–Crippen LogP) is 3.71. The number of non-ortho nitro benzene ring substituents is 1. The third-order valence-electron chi connectivity index (χ3n) is 3.64. The van der Waals surface area contributed by atoms with Gasteiger partial charge in [0.1, 0.15) is 5.82 Å². The van der Waals surface area contributed by atoms with E-state index in [1.807, 2.05) is 36.4 Å². The maximum Gasteiger partial charge on any atom is 0.269 e. The van der Waals surface area contributed by atoms with E-state index in [4.69, 9.17) is 0 Å². The van der Waals surface area contributed by atoms with Gasteiger partial charge in [-0.05, 0) is 5.56 Å². The van der Waals surface area contributed by atoms with Crippen LogP contribution in [0.3, 0.4) is 0 Å². The van der Waals surface area contributed by atoms with Crippen molar-refractivity contribution in [2.24, 2.45) is 0 Å². The van der Waals surface area contributed by atoms with Crippen molar-refractivity contribution in [3.8, 4) is 11.3 Å². The molecule has 0 spiro atoms. The molecule has 0 fully saturated rings. The van der Waals surface area contributed by atoms with Gasteiger partial charge in [-0.3, -0.25) is 10.1 Å². The van der Waals surface area contributed by atoms with Crippen molar-refractivity contribution >= 4 is 17.5 Å². The van der Waals surface area contributed by atoms with Gasteiger partial charge in [0, 0.05) is 37.4 Å². The van der Waals surface area contributed by atoms with E-state index in [2.05, 4.69) is 20.6 Å². The number of nitrogens with one attached hydrogen (secondary N) is 2. The lowest BCUT2D eigenvalue weighted by molar-refractivity contribution is -0.384. The Morgan fingerprint density at radius 2 is 1.76 bits per heavy atom. The summed E-state index contributed by atoms with van der Waals surface area (Å²) in [5.74, 6) is 1.20. The highest BCUT2D eigenvalue weighted by molar-refractivity contribution is 5.64. The first-order valence-electron chi connectivity index (χ1n) is 7.75. The van der Waals surface area contributed by atoms with E-state index in [0.29, 0.717) is 18.3 Å². The lowest BCUT2D eigenvalue weighted by Gasteiger charge is -2.10. The highest BCUT2D eigenvalue weighted by Crippen LogP contribution is 2.21. The molecule has 3 rings (SSSR count). The molecule has 0 atom stereocenters. The Bertz CT molecular complexity index is 866. The molecule has 0 unspecified atom stereocenters. The zero-order valence-electron chi connectivity index (χ0n) is 13.6. The number of nitrogens with zero attached hydrogens (tertiary/aromatic N) is 3. The first-order valence-corrected chi connectivity index (χ1v) is 7.75. The van der Waals surface area contributed by atoms with Gasteiger partial charge < -0.3 is 10.6 Å². The third kappa shape index (κ3) is 4.08. The van der Waals surface area contributed by atoms with Gasteiger partial charge in [-0.2, -0.15) is 4.98 Å². The first-order chi connectivity index (χ1) is 12.2. The monoisotopic (exact) mass is 335 g/mol.